The summed E-state index contributed by atoms with van der Waals surface area (Å²) in [5.41, 5.74) is 0. The van der Waals surface area contributed by atoms with Gasteiger partial charge in [0.1, 0.15) is 19.8 Å². The summed E-state index contributed by atoms with van der Waals surface area (Å²) in [7, 11) is 1.11. The van der Waals surface area contributed by atoms with Gasteiger partial charge < -0.3 is 27.9 Å². The lowest BCUT2D eigenvalue weighted by atomic mass is 10.1. The Morgan fingerprint density at radius 3 is 0.816 bits per heavy atom. The topological polar surface area (TPSA) is 111 Å². The van der Waals surface area contributed by atoms with Crippen molar-refractivity contribution < 1.29 is 42.1 Å². The second-order valence-electron chi connectivity index (χ2n) is 25.2. The standard InChI is InChI=1S/C88H136NO8P/c1-6-8-10-12-14-16-18-20-22-24-26-28-30-32-34-36-38-40-41-42-43-44-45-46-47-49-51-53-55-57-59-61-63-65-67-69-71-73-75-77-79-81-88(91)97-86(85-96-98(92,93)95-83-82-89(3,4)5)84-94-87(90)80-78-76-74-72-70-68-66-64-62-60-58-56-54-52-50-48-39-37-35-33-31-29-27-25-23-21-19-17-15-13-11-9-7-2/h8-11,14-17,20-23,26-29,32-35,38-40,42-43,45-46,48-49,51-52,54-55,57-58,60-61,63-64,66,86H,6-7,12-13,18-19,24-25,30-31,36-37,41,44,47,50,53,56,59,62,65,67-85H2,1-5H3/b10-8-,11-9-,16-14-,17-15-,22-20-,23-21-,28-26-,29-27-,34-32-,35-33-,40-38-,43-42-,46-45-,48-39-,51-49-,54-52-,57-55-,60-58-,63-61-,66-64-. The number of carbonyl (C=O) groups is 2. The van der Waals surface area contributed by atoms with Gasteiger partial charge in [0.15, 0.2) is 6.10 Å². The average Bonchev–Trinajstić information content (AvgIpc) is 1.08. The first kappa shape index (κ1) is 91.8. The number of allylic oxidation sites excluding steroid dienone is 40. The fourth-order valence-electron chi connectivity index (χ4n) is 9.18. The first-order chi connectivity index (χ1) is 48.0. The van der Waals surface area contributed by atoms with Crippen LogP contribution >= 0.6 is 7.82 Å². The molecule has 0 aromatic rings. The van der Waals surface area contributed by atoms with E-state index in [9.17, 15) is 19.0 Å². The van der Waals surface area contributed by atoms with Crippen molar-refractivity contribution in [2.75, 3.05) is 47.5 Å². The van der Waals surface area contributed by atoms with Crippen LogP contribution in [-0.2, 0) is 32.7 Å². The molecule has 0 radical (unpaired) electrons. The molecule has 0 fully saturated rings. The molecule has 0 saturated carbocycles. The molecule has 0 aliphatic heterocycles. The molecule has 0 rings (SSSR count). The number of esters is 2. The van der Waals surface area contributed by atoms with E-state index < -0.39 is 32.5 Å². The van der Waals surface area contributed by atoms with Crippen LogP contribution in [0.2, 0.25) is 0 Å². The van der Waals surface area contributed by atoms with Crippen LogP contribution < -0.4 is 4.89 Å². The summed E-state index contributed by atoms with van der Waals surface area (Å²) < 4.78 is 34.3. The molecule has 0 aliphatic carbocycles. The molecule has 0 saturated heterocycles. The van der Waals surface area contributed by atoms with Crippen LogP contribution in [-0.4, -0.2) is 70.0 Å². The van der Waals surface area contributed by atoms with Gasteiger partial charge in [0, 0.05) is 12.8 Å². The number of rotatable bonds is 66. The van der Waals surface area contributed by atoms with Crippen LogP contribution in [0.3, 0.4) is 0 Å². The quantitative estimate of drug-likeness (QED) is 0.0195. The number of hydrogen-bond donors (Lipinski definition) is 0. The first-order valence-electron chi connectivity index (χ1n) is 37.7. The van der Waals surface area contributed by atoms with E-state index in [1.807, 2.05) is 21.1 Å². The number of phosphoric ester groups is 1. The van der Waals surface area contributed by atoms with E-state index in [-0.39, 0.29) is 26.1 Å². The molecule has 10 heteroatoms. The number of quaternary nitrogens is 1. The molecule has 0 bridgehead atoms. The highest BCUT2D eigenvalue weighted by Gasteiger charge is 2.22. The van der Waals surface area contributed by atoms with Gasteiger partial charge in [0.25, 0.3) is 7.82 Å². The van der Waals surface area contributed by atoms with E-state index in [0.717, 1.165) is 199 Å². The SMILES string of the molecule is CC/C=C\C/C=C\C/C=C\C/C=C\C/C=C\C/C=C\C/C=C\C/C=C\C/C=C\C/C=C\C/C=C\CCCCCCCCCC(=O)OC(COC(=O)CCCCCCC/C=C\C/C=C\C/C=C\C/C=C\C/C=C\C/C=C\C/C=C\C/C=C\C/C=C\CC)COP(=O)([O-])OCC[N+](C)(C)C. The molecule has 98 heavy (non-hydrogen) atoms. The lowest BCUT2D eigenvalue weighted by Gasteiger charge is -2.28. The maximum atomic E-state index is 12.9. The van der Waals surface area contributed by atoms with Crippen molar-refractivity contribution in [3.63, 3.8) is 0 Å². The van der Waals surface area contributed by atoms with Gasteiger partial charge in [-0.3, -0.25) is 14.2 Å². The van der Waals surface area contributed by atoms with Gasteiger partial charge in [-0.05, 0) is 167 Å². The number of likely N-dealkylation sites (N-methyl/N-ethyl adjacent to an activating group) is 1. The highest BCUT2D eigenvalue weighted by Crippen LogP contribution is 2.38. The van der Waals surface area contributed by atoms with Crippen molar-refractivity contribution in [1.29, 1.82) is 0 Å². The fourth-order valence-corrected chi connectivity index (χ4v) is 9.91. The average molecular weight is 1370 g/mol. The minimum absolute atomic E-state index is 0.0505. The molecule has 2 atom stereocenters. The molecular weight excluding hydrogens is 1230 g/mol. The molecule has 0 heterocycles. The summed E-state index contributed by atoms with van der Waals surface area (Å²) >= 11 is 0. The summed E-state index contributed by atoms with van der Waals surface area (Å²) in [6.07, 6.45) is 122. The highest BCUT2D eigenvalue weighted by atomic mass is 31.2. The zero-order valence-corrected chi connectivity index (χ0v) is 63.0. The summed E-state index contributed by atoms with van der Waals surface area (Å²) in [6, 6.07) is 0. The molecule has 0 aromatic carbocycles. The minimum atomic E-state index is -4.67. The Morgan fingerprint density at radius 1 is 0.316 bits per heavy atom. The van der Waals surface area contributed by atoms with Crippen molar-refractivity contribution in [1.82, 2.24) is 0 Å². The second-order valence-corrected chi connectivity index (χ2v) is 26.6. The van der Waals surface area contributed by atoms with E-state index in [0.29, 0.717) is 23.9 Å². The summed E-state index contributed by atoms with van der Waals surface area (Å²) in [6.45, 7) is 3.94. The van der Waals surface area contributed by atoms with Crippen molar-refractivity contribution in [3.05, 3.63) is 243 Å². The van der Waals surface area contributed by atoms with Crippen LogP contribution in [0.5, 0.6) is 0 Å². The number of hydrogen-bond acceptors (Lipinski definition) is 8. The van der Waals surface area contributed by atoms with E-state index >= 15 is 0 Å². The molecule has 0 spiro atoms. The maximum absolute atomic E-state index is 12.9. The number of ether oxygens (including phenoxy) is 2. The Hall–Kier alpha value is -6.19. The smallest absolute Gasteiger partial charge is 0.306 e. The molecule has 0 aliphatic rings. The third-order valence-corrected chi connectivity index (χ3v) is 15.8. The molecule has 0 aromatic heterocycles. The minimum Gasteiger partial charge on any atom is -0.756 e. The van der Waals surface area contributed by atoms with E-state index in [4.69, 9.17) is 18.5 Å². The summed E-state index contributed by atoms with van der Waals surface area (Å²) in [5.74, 6) is -0.888. The Morgan fingerprint density at radius 2 is 0.551 bits per heavy atom. The largest absolute Gasteiger partial charge is 0.756 e. The molecule has 9 nitrogen and oxygen atoms in total. The molecule has 546 valence electrons. The lowest BCUT2D eigenvalue weighted by Crippen LogP contribution is -2.37. The van der Waals surface area contributed by atoms with Gasteiger partial charge in [-0.1, -0.05) is 308 Å². The van der Waals surface area contributed by atoms with Crippen LogP contribution in [0, 0.1) is 0 Å². The van der Waals surface area contributed by atoms with E-state index in [1.54, 1.807) is 0 Å². The van der Waals surface area contributed by atoms with Crippen LogP contribution in [0.15, 0.2) is 243 Å². The highest BCUT2D eigenvalue weighted by molar-refractivity contribution is 7.45. The van der Waals surface area contributed by atoms with Crippen LogP contribution in [0.1, 0.15) is 245 Å². The molecule has 0 N–H and O–H groups in total. The van der Waals surface area contributed by atoms with E-state index in [1.165, 1.54) is 6.42 Å². The summed E-state index contributed by atoms with van der Waals surface area (Å²) in [4.78, 5) is 38.1. The van der Waals surface area contributed by atoms with Crippen molar-refractivity contribution in [3.8, 4) is 0 Å². The molecular formula is C88H136NO8P. The molecule has 0 amide bonds. The third-order valence-electron chi connectivity index (χ3n) is 14.9. The Labute approximate surface area is 600 Å². The van der Waals surface area contributed by atoms with Crippen molar-refractivity contribution >= 4 is 19.8 Å². The summed E-state index contributed by atoms with van der Waals surface area (Å²) in [5, 5.41) is 0. The van der Waals surface area contributed by atoms with Crippen molar-refractivity contribution in [2.45, 2.75) is 251 Å². The zero-order chi connectivity index (χ0) is 71.1. The number of nitrogens with zero attached hydrogens (tertiary/aromatic N) is 1. The van der Waals surface area contributed by atoms with Crippen molar-refractivity contribution in [2.24, 2.45) is 0 Å². The van der Waals surface area contributed by atoms with Crippen LogP contribution in [0.4, 0.5) is 0 Å². The van der Waals surface area contributed by atoms with Gasteiger partial charge in [0.2, 0.25) is 0 Å². The number of phosphoric acid groups is 1. The molecule has 2 unspecified atom stereocenters. The second kappa shape index (κ2) is 75.0. The Balaban J connectivity index is 4.20. The van der Waals surface area contributed by atoms with Gasteiger partial charge >= 0.3 is 11.9 Å². The monoisotopic (exact) mass is 1370 g/mol. The number of carbonyl (C=O) groups excluding carboxylic acids is 2. The maximum Gasteiger partial charge on any atom is 0.306 e. The zero-order valence-electron chi connectivity index (χ0n) is 62.1. The van der Waals surface area contributed by atoms with E-state index in [2.05, 4.69) is 257 Å². The number of unbranched alkanes of at least 4 members (excludes halogenated alkanes) is 12. The Bertz CT molecular complexity index is 2560. The first-order valence-corrected chi connectivity index (χ1v) is 39.2. The van der Waals surface area contributed by atoms with Gasteiger partial charge in [0.05, 0.1) is 27.7 Å². The Kier molecular flexibility index (Phi) is 70.3. The van der Waals surface area contributed by atoms with Gasteiger partial charge in [-0.15, -0.1) is 0 Å². The third kappa shape index (κ3) is 78.8. The normalized spacial score (nSPS) is 14.5. The predicted octanol–water partition coefficient (Wildman–Crippen LogP) is 24.9. The lowest BCUT2D eigenvalue weighted by molar-refractivity contribution is -0.870. The van der Waals surface area contributed by atoms with Gasteiger partial charge in [-0.25, -0.2) is 0 Å². The fraction of sp³-hybridized carbons (Fsp3) is 0.523. The van der Waals surface area contributed by atoms with Gasteiger partial charge in [-0.2, -0.15) is 0 Å². The van der Waals surface area contributed by atoms with Crippen LogP contribution in [0.25, 0.3) is 0 Å². The predicted molar refractivity (Wildman–Crippen MR) is 424 cm³/mol.